The van der Waals surface area contributed by atoms with Gasteiger partial charge in [-0.2, -0.15) is 0 Å². The van der Waals surface area contributed by atoms with Crippen molar-refractivity contribution in [2.75, 3.05) is 0 Å². The van der Waals surface area contributed by atoms with E-state index in [1.165, 1.54) is 34.2 Å². The Morgan fingerprint density at radius 3 is 2.04 bits per heavy atom. The highest BCUT2D eigenvalue weighted by atomic mass is 28.1. The van der Waals surface area contributed by atoms with Crippen LogP contribution in [0.25, 0.3) is 0 Å². The fourth-order valence-corrected chi connectivity index (χ4v) is 4.22. The van der Waals surface area contributed by atoms with Crippen molar-refractivity contribution in [1.29, 1.82) is 0 Å². The SMILES string of the molecule is C1=C2CCC(=N2)C=C2CCC(=CC3=NC(CC3)C3CCC1=N3)N2.[Si]. The molecule has 5 aliphatic heterocycles. The molecule has 5 rings (SSSR count). The van der Waals surface area contributed by atoms with Crippen LogP contribution in [0.4, 0.5) is 0 Å². The number of rotatable bonds is 0. The Hall–Kier alpha value is -1.75. The molecule has 5 heteroatoms. The lowest BCUT2D eigenvalue weighted by Crippen LogP contribution is -2.17. The van der Waals surface area contributed by atoms with Gasteiger partial charge in [-0.1, -0.05) is 0 Å². The molecule has 0 aromatic carbocycles. The van der Waals surface area contributed by atoms with Crippen molar-refractivity contribution in [3.63, 3.8) is 0 Å². The fraction of sp³-hybridized carbons (Fsp3) is 0.526. The molecule has 0 aromatic rings. The lowest BCUT2D eigenvalue weighted by atomic mass is 10.0. The molecule has 0 amide bonds. The van der Waals surface area contributed by atoms with E-state index < -0.39 is 0 Å². The Bertz CT molecular complexity index is 738. The van der Waals surface area contributed by atoms with Crippen molar-refractivity contribution < 1.29 is 0 Å². The maximum atomic E-state index is 4.97. The second kappa shape index (κ2) is 6.28. The first-order valence-electron chi connectivity index (χ1n) is 8.91. The maximum Gasteiger partial charge on any atom is 0.0730 e. The second-order valence-corrected chi connectivity index (χ2v) is 7.16. The molecule has 4 nitrogen and oxygen atoms in total. The van der Waals surface area contributed by atoms with E-state index in [2.05, 4.69) is 23.5 Å². The van der Waals surface area contributed by atoms with Crippen LogP contribution in [-0.2, 0) is 0 Å². The summed E-state index contributed by atoms with van der Waals surface area (Å²) in [7, 11) is 0. The van der Waals surface area contributed by atoms with Gasteiger partial charge in [0.05, 0.1) is 12.1 Å². The monoisotopic (exact) mass is 334 g/mol. The van der Waals surface area contributed by atoms with E-state index >= 15 is 0 Å². The highest BCUT2D eigenvalue weighted by Gasteiger charge is 2.29. The van der Waals surface area contributed by atoms with Gasteiger partial charge in [0.1, 0.15) is 0 Å². The van der Waals surface area contributed by atoms with Crippen LogP contribution in [0.2, 0.25) is 0 Å². The molecular weight excluding hydrogens is 312 g/mol. The highest BCUT2D eigenvalue weighted by Crippen LogP contribution is 2.30. The minimum Gasteiger partial charge on any atom is -0.362 e. The molecule has 2 unspecified atom stereocenters. The van der Waals surface area contributed by atoms with E-state index in [4.69, 9.17) is 15.0 Å². The first kappa shape index (κ1) is 15.8. The first-order chi connectivity index (χ1) is 11.3. The van der Waals surface area contributed by atoms with Crippen molar-refractivity contribution in [3.05, 3.63) is 35.3 Å². The predicted molar refractivity (Wildman–Crippen MR) is 100.0 cm³/mol. The molecule has 0 spiro atoms. The van der Waals surface area contributed by atoms with Crippen molar-refractivity contribution >= 4 is 28.1 Å². The largest absolute Gasteiger partial charge is 0.362 e. The van der Waals surface area contributed by atoms with Crippen molar-refractivity contribution in [2.45, 2.75) is 63.5 Å². The summed E-state index contributed by atoms with van der Waals surface area (Å²) >= 11 is 0. The molecule has 0 aliphatic carbocycles. The van der Waals surface area contributed by atoms with Crippen molar-refractivity contribution in [3.8, 4) is 0 Å². The molecular formula is C19H22N4Si. The fourth-order valence-electron chi connectivity index (χ4n) is 4.22. The predicted octanol–water partition coefficient (Wildman–Crippen LogP) is 3.10. The molecule has 5 aliphatic rings. The van der Waals surface area contributed by atoms with Gasteiger partial charge in [-0.3, -0.25) is 15.0 Å². The van der Waals surface area contributed by atoms with E-state index in [0.29, 0.717) is 12.1 Å². The Morgan fingerprint density at radius 2 is 1.33 bits per heavy atom. The highest BCUT2D eigenvalue weighted by molar-refractivity contribution is 6.01. The summed E-state index contributed by atoms with van der Waals surface area (Å²) in [6.07, 6.45) is 15.6. The van der Waals surface area contributed by atoms with Crippen LogP contribution >= 0.6 is 0 Å². The van der Waals surface area contributed by atoms with Crippen LogP contribution in [0, 0.1) is 0 Å². The van der Waals surface area contributed by atoms with Gasteiger partial charge in [-0.15, -0.1) is 0 Å². The van der Waals surface area contributed by atoms with Crippen LogP contribution in [0.3, 0.4) is 0 Å². The maximum absolute atomic E-state index is 4.97. The number of aliphatic imine (C=N–C) groups is 3. The van der Waals surface area contributed by atoms with Gasteiger partial charge >= 0.3 is 0 Å². The lowest BCUT2D eigenvalue weighted by molar-refractivity contribution is 0.527. The van der Waals surface area contributed by atoms with Crippen LogP contribution in [0.15, 0.2) is 50.3 Å². The molecule has 1 saturated heterocycles. The Labute approximate surface area is 147 Å². The third-order valence-electron chi connectivity index (χ3n) is 5.42. The summed E-state index contributed by atoms with van der Waals surface area (Å²) in [6.45, 7) is 0. The normalized spacial score (nSPS) is 30.7. The zero-order valence-corrected chi connectivity index (χ0v) is 14.9. The van der Waals surface area contributed by atoms with Gasteiger partial charge in [0.15, 0.2) is 0 Å². The summed E-state index contributed by atoms with van der Waals surface area (Å²) in [5.74, 6) is 0. The topological polar surface area (TPSA) is 49.1 Å². The summed E-state index contributed by atoms with van der Waals surface area (Å²) in [4.78, 5) is 14.7. The quantitative estimate of drug-likeness (QED) is 0.680. The van der Waals surface area contributed by atoms with E-state index in [0.717, 1.165) is 51.4 Å². The van der Waals surface area contributed by atoms with Gasteiger partial charge in [-0.25, -0.2) is 0 Å². The Balaban J connectivity index is 0.00000146. The van der Waals surface area contributed by atoms with Crippen LogP contribution in [0.1, 0.15) is 51.4 Å². The molecule has 1 fully saturated rings. The van der Waals surface area contributed by atoms with E-state index in [1.807, 2.05) is 0 Å². The molecule has 8 bridgehead atoms. The average Bonchev–Trinajstić information content (AvgIpc) is 3.28. The first-order valence-corrected chi connectivity index (χ1v) is 8.91. The molecule has 4 radical (unpaired) electrons. The van der Waals surface area contributed by atoms with Gasteiger partial charge in [0, 0.05) is 45.2 Å². The van der Waals surface area contributed by atoms with Crippen molar-refractivity contribution in [1.82, 2.24) is 5.32 Å². The molecule has 0 aromatic heterocycles. The molecule has 1 N–H and O–H groups in total. The van der Waals surface area contributed by atoms with Gasteiger partial charge in [0.2, 0.25) is 0 Å². The standard InChI is InChI=1S/C19H22N4.Si/c1-3-14-10-16-5-7-18(22-16)19-8-6-17(23-19)11-15-4-2-13(21-15)9-12(1)20-14;/h9-11,18-20H,1-8H2;. The zero-order valence-electron chi connectivity index (χ0n) is 13.9. The summed E-state index contributed by atoms with van der Waals surface area (Å²) in [5, 5.41) is 3.57. The third-order valence-corrected chi connectivity index (χ3v) is 5.42. The number of nitrogens with one attached hydrogen (secondary N) is 1. The van der Waals surface area contributed by atoms with Gasteiger partial charge in [0.25, 0.3) is 0 Å². The zero-order chi connectivity index (χ0) is 15.2. The summed E-state index contributed by atoms with van der Waals surface area (Å²) < 4.78 is 0. The van der Waals surface area contributed by atoms with Crippen LogP contribution in [-0.4, -0.2) is 40.2 Å². The number of hydrogen-bond donors (Lipinski definition) is 1. The summed E-state index contributed by atoms with van der Waals surface area (Å²) in [5.41, 5.74) is 7.53. The lowest BCUT2D eigenvalue weighted by Gasteiger charge is -2.11. The summed E-state index contributed by atoms with van der Waals surface area (Å²) in [6, 6.07) is 0.778. The van der Waals surface area contributed by atoms with Gasteiger partial charge < -0.3 is 5.32 Å². The minimum absolute atomic E-state index is 0. The minimum atomic E-state index is 0. The van der Waals surface area contributed by atoms with Crippen molar-refractivity contribution in [2.24, 2.45) is 15.0 Å². The Morgan fingerprint density at radius 1 is 0.708 bits per heavy atom. The van der Waals surface area contributed by atoms with E-state index in [1.54, 1.807) is 0 Å². The number of hydrogen-bond acceptors (Lipinski definition) is 4. The van der Waals surface area contributed by atoms with Crippen LogP contribution in [0.5, 0.6) is 0 Å². The number of fused-ring (bicyclic) bond motifs is 6. The van der Waals surface area contributed by atoms with Gasteiger partial charge in [-0.05, 0) is 69.6 Å². The third kappa shape index (κ3) is 2.97. The molecule has 0 saturated carbocycles. The second-order valence-electron chi connectivity index (χ2n) is 7.16. The average molecular weight is 334 g/mol. The number of nitrogens with zero attached hydrogens (tertiary/aromatic N) is 3. The van der Waals surface area contributed by atoms with E-state index in [-0.39, 0.29) is 11.0 Å². The number of allylic oxidation sites excluding steroid dienone is 6. The molecule has 2 atom stereocenters. The molecule has 24 heavy (non-hydrogen) atoms. The van der Waals surface area contributed by atoms with E-state index in [9.17, 15) is 0 Å². The molecule has 5 heterocycles. The van der Waals surface area contributed by atoms with Crippen LogP contribution < -0.4 is 5.32 Å². The Kier molecular flexibility index (Phi) is 4.12. The molecule has 122 valence electrons. The smallest absolute Gasteiger partial charge is 0.0730 e.